The molecule has 1 N–H and O–H groups in total. The molecule has 1 saturated carbocycles. The average Bonchev–Trinajstić information content (AvgIpc) is 2.10. The smallest absolute Gasteiger partial charge is 0.0596 e. The lowest BCUT2D eigenvalue weighted by molar-refractivity contribution is -0.0472. The number of hydrogen-bond acceptors (Lipinski definition) is 1. The Morgan fingerprint density at radius 1 is 1.14 bits per heavy atom. The van der Waals surface area contributed by atoms with Gasteiger partial charge in [0.05, 0.1) is 6.10 Å². The van der Waals surface area contributed by atoms with Crippen molar-refractivity contribution in [1.82, 2.24) is 0 Å². The summed E-state index contributed by atoms with van der Waals surface area (Å²) in [6.07, 6.45) is 11.2. The van der Waals surface area contributed by atoms with E-state index in [0.717, 1.165) is 12.8 Å². The number of rotatable bonds is 7. The Hall–Kier alpha value is -0.0400. The molecule has 0 aromatic rings. The maximum absolute atomic E-state index is 10.1. The minimum atomic E-state index is -0.0156. The van der Waals surface area contributed by atoms with Gasteiger partial charge in [0.2, 0.25) is 0 Å². The molecule has 0 aliphatic heterocycles. The van der Waals surface area contributed by atoms with Gasteiger partial charge in [-0.3, -0.25) is 0 Å². The minimum Gasteiger partial charge on any atom is -0.393 e. The lowest BCUT2D eigenvalue weighted by Crippen LogP contribution is -2.41. The normalized spacial score (nSPS) is 21.6. The van der Waals surface area contributed by atoms with Gasteiger partial charge in [0.1, 0.15) is 0 Å². The molecule has 1 rings (SSSR count). The molecule has 0 aromatic carbocycles. The van der Waals surface area contributed by atoms with Crippen molar-refractivity contribution in [2.45, 2.75) is 77.7 Å². The van der Waals surface area contributed by atoms with E-state index >= 15 is 0 Å². The lowest BCUT2D eigenvalue weighted by Gasteiger charge is -2.46. The van der Waals surface area contributed by atoms with Crippen molar-refractivity contribution in [3.8, 4) is 0 Å². The molecule has 0 amide bonds. The zero-order chi connectivity index (χ0) is 10.4. The van der Waals surface area contributed by atoms with Gasteiger partial charge in [-0.2, -0.15) is 0 Å². The van der Waals surface area contributed by atoms with Gasteiger partial charge in [0, 0.05) is 0 Å². The molecule has 1 aliphatic carbocycles. The van der Waals surface area contributed by atoms with Gasteiger partial charge >= 0.3 is 0 Å². The van der Waals surface area contributed by atoms with Crippen LogP contribution in [0.15, 0.2) is 0 Å². The number of unbranched alkanes of at least 4 members (excludes halogenated alkanes) is 2. The topological polar surface area (TPSA) is 20.2 Å². The van der Waals surface area contributed by atoms with Crippen LogP contribution in [0.25, 0.3) is 0 Å². The first-order valence-corrected chi connectivity index (χ1v) is 6.43. The van der Waals surface area contributed by atoms with Gasteiger partial charge in [-0.15, -0.1) is 0 Å². The van der Waals surface area contributed by atoms with Gasteiger partial charge in [0.15, 0.2) is 0 Å². The minimum absolute atomic E-state index is 0.0156. The Morgan fingerprint density at radius 2 is 1.86 bits per heavy atom. The molecular weight excluding hydrogens is 172 g/mol. The maximum Gasteiger partial charge on any atom is 0.0596 e. The average molecular weight is 198 g/mol. The molecule has 0 saturated heterocycles. The molecule has 0 aromatic heterocycles. The van der Waals surface area contributed by atoms with Crippen LogP contribution in [0.5, 0.6) is 0 Å². The SMILES string of the molecule is CCCCCC1(C(O)CCC)CCC1. The quantitative estimate of drug-likeness (QED) is 0.615. The van der Waals surface area contributed by atoms with Crippen molar-refractivity contribution in [1.29, 1.82) is 0 Å². The highest BCUT2D eigenvalue weighted by atomic mass is 16.3. The van der Waals surface area contributed by atoms with Gasteiger partial charge in [0.25, 0.3) is 0 Å². The molecule has 0 spiro atoms. The van der Waals surface area contributed by atoms with Crippen molar-refractivity contribution in [2.75, 3.05) is 0 Å². The maximum atomic E-state index is 10.1. The van der Waals surface area contributed by atoms with Crippen LogP contribution in [0.2, 0.25) is 0 Å². The Bertz CT molecular complexity index is 149. The Balaban J connectivity index is 2.32. The summed E-state index contributed by atoms with van der Waals surface area (Å²) < 4.78 is 0. The van der Waals surface area contributed by atoms with Crippen LogP contribution < -0.4 is 0 Å². The molecule has 1 fully saturated rings. The molecular formula is C13H26O. The molecule has 1 nitrogen and oxygen atoms in total. The van der Waals surface area contributed by atoms with Crippen LogP contribution >= 0.6 is 0 Å². The zero-order valence-corrected chi connectivity index (χ0v) is 9.89. The predicted octanol–water partition coefficient (Wildman–Crippen LogP) is 3.90. The van der Waals surface area contributed by atoms with Crippen molar-refractivity contribution in [3.63, 3.8) is 0 Å². The number of aliphatic hydroxyl groups excluding tert-OH is 1. The monoisotopic (exact) mass is 198 g/mol. The van der Waals surface area contributed by atoms with Crippen LogP contribution in [0.4, 0.5) is 0 Å². The first-order valence-electron chi connectivity index (χ1n) is 6.43. The van der Waals surface area contributed by atoms with E-state index in [1.54, 1.807) is 0 Å². The van der Waals surface area contributed by atoms with Crippen molar-refractivity contribution in [2.24, 2.45) is 5.41 Å². The van der Waals surface area contributed by atoms with E-state index in [4.69, 9.17) is 0 Å². The van der Waals surface area contributed by atoms with E-state index in [9.17, 15) is 5.11 Å². The standard InChI is InChI=1S/C13H26O/c1-3-5-6-9-13(10-7-11-13)12(14)8-4-2/h12,14H,3-11H2,1-2H3. The van der Waals surface area contributed by atoms with E-state index in [-0.39, 0.29) is 6.10 Å². The van der Waals surface area contributed by atoms with E-state index < -0.39 is 0 Å². The molecule has 14 heavy (non-hydrogen) atoms. The highest BCUT2D eigenvalue weighted by Crippen LogP contribution is 2.49. The highest BCUT2D eigenvalue weighted by molar-refractivity contribution is 4.93. The second kappa shape index (κ2) is 5.75. The van der Waals surface area contributed by atoms with Crippen molar-refractivity contribution < 1.29 is 5.11 Å². The fourth-order valence-corrected chi connectivity index (χ4v) is 2.69. The van der Waals surface area contributed by atoms with Gasteiger partial charge in [-0.05, 0) is 31.1 Å². The van der Waals surface area contributed by atoms with Gasteiger partial charge in [-0.25, -0.2) is 0 Å². The zero-order valence-electron chi connectivity index (χ0n) is 9.89. The Morgan fingerprint density at radius 3 is 2.29 bits per heavy atom. The van der Waals surface area contributed by atoms with Gasteiger partial charge in [-0.1, -0.05) is 46.0 Å². The first-order chi connectivity index (χ1) is 6.75. The van der Waals surface area contributed by atoms with Crippen molar-refractivity contribution in [3.05, 3.63) is 0 Å². The third kappa shape index (κ3) is 2.73. The number of aliphatic hydroxyl groups is 1. The Labute approximate surface area is 88.9 Å². The molecule has 0 bridgehead atoms. The largest absolute Gasteiger partial charge is 0.393 e. The molecule has 0 heterocycles. The second-order valence-electron chi connectivity index (χ2n) is 4.98. The van der Waals surface area contributed by atoms with E-state index in [1.807, 2.05) is 0 Å². The summed E-state index contributed by atoms with van der Waals surface area (Å²) in [4.78, 5) is 0. The first kappa shape index (κ1) is 12.0. The summed E-state index contributed by atoms with van der Waals surface area (Å²) in [6.45, 7) is 4.41. The van der Waals surface area contributed by atoms with Crippen LogP contribution in [-0.2, 0) is 0 Å². The molecule has 84 valence electrons. The highest BCUT2D eigenvalue weighted by Gasteiger charge is 2.41. The summed E-state index contributed by atoms with van der Waals surface area (Å²) in [5.74, 6) is 0. The second-order valence-corrected chi connectivity index (χ2v) is 4.98. The fraction of sp³-hybridized carbons (Fsp3) is 1.00. The van der Waals surface area contributed by atoms with Crippen LogP contribution in [0.3, 0.4) is 0 Å². The molecule has 0 radical (unpaired) electrons. The molecule has 1 unspecified atom stereocenters. The Kier molecular flexibility index (Phi) is 4.94. The third-order valence-electron chi connectivity index (χ3n) is 3.90. The molecule has 1 heteroatoms. The van der Waals surface area contributed by atoms with Crippen LogP contribution in [0.1, 0.15) is 71.6 Å². The van der Waals surface area contributed by atoms with Crippen LogP contribution in [-0.4, -0.2) is 11.2 Å². The number of hydrogen-bond donors (Lipinski definition) is 1. The summed E-state index contributed by atoms with van der Waals surface area (Å²) >= 11 is 0. The third-order valence-corrected chi connectivity index (χ3v) is 3.90. The lowest BCUT2D eigenvalue weighted by atomic mass is 9.61. The van der Waals surface area contributed by atoms with Crippen molar-refractivity contribution >= 4 is 0 Å². The molecule has 1 aliphatic rings. The fourth-order valence-electron chi connectivity index (χ4n) is 2.69. The van der Waals surface area contributed by atoms with E-state index in [1.165, 1.54) is 44.9 Å². The van der Waals surface area contributed by atoms with E-state index in [2.05, 4.69) is 13.8 Å². The summed E-state index contributed by atoms with van der Waals surface area (Å²) in [5.41, 5.74) is 0.338. The van der Waals surface area contributed by atoms with Crippen LogP contribution in [0, 0.1) is 5.41 Å². The summed E-state index contributed by atoms with van der Waals surface area (Å²) in [6, 6.07) is 0. The summed E-state index contributed by atoms with van der Waals surface area (Å²) in [5, 5.41) is 10.1. The molecule has 1 atom stereocenters. The van der Waals surface area contributed by atoms with Gasteiger partial charge < -0.3 is 5.11 Å². The predicted molar refractivity (Wildman–Crippen MR) is 61.3 cm³/mol. The van der Waals surface area contributed by atoms with E-state index in [0.29, 0.717) is 5.41 Å². The summed E-state index contributed by atoms with van der Waals surface area (Å²) in [7, 11) is 0.